The lowest BCUT2D eigenvalue weighted by molar-refractivity contribution is -0.174. The highest BCUT2D eigenvalue weighted by molar-refractivity contribution is 5.95. The van der Waals surface area contributed by atoms with Crippen LogP contribution in [0.25, 0.3) is 0 Å². The summed E-state index contributed by atoms with van der Waals surface area (Å²) >= 11 is 0. The molecule has 1 unspecified atom stereocenters. The molecule has 1 fully saturated rings. The molecule has 0 radical (unpaired) electrons. The first-order chi connectivity index (χ1) is 13.3. The highest BCUT2D eigenvalue weighted by Gasteiger charge is 2.28. The first-order valence-corrected chi connectivity index (χ1v) is 9.35. The predicted octanol–water partition coefficient (Wildman–Crippen LogP) is 2.61. The Hall–Kier alpha value is -1.84. The van der Waals surface area contributed by atoms with E-state index < -0.39 is 12.8 Å². The van der Waals surface area contributed by atoms with Crippen LogP contribution in [0, 0.1) is 0 Å². The number of nitrogens with one attached hydrogen (secondary N) is 1. The third-order valence-electron chi connectivity index (χ3n) is 4.73. The number of anilines is 1. The van der Waals surface area contributed by atoms with Crippen LogP contribution in [0.15, 0.2) is 24.3 Å². The summed E-state index contributed by atoms with van der Waals surface area (Å²) in [5.41, 5.74) is 0.638. The molecule has 1 aliphatic heterocycles. The summed E-state index contributed by atoms with van der Waals surface area (Å²) in [6, 6.07) is 6.97. The van der Waals surface area contributed by atoms with Crippen molar-refractivity contribution in [3.8, 4) is 5.75 Å². The average molecular weight is 403 g/mol. The SMILES string of the molecule is COc1ccccc1NC(=O)C(C)N1CCN(CCCOCC(F)(F)F)CC1. The molecule has 158 valence electrons. The van der Waals surface area contributed by atoms with Gasteiger partial charge in [0.05, 0.1) is 18.8 Å². The van der Waals surface area contributed by atoms with Gasteiger partial charge in [-0.1, -0.05) is 12.1 Å². The lowest BCUT2D eigenvalue weighted by atomic mass is 10.2. The van der Waals surface area contributed by atoms with Crippen molar-refractivity contribution in [1.82, 2.24) is 9.80 Å². The molecule has 0 spiro atoms. The second kappa shape index (κ2) is 10.6. The fourth-order valence-corrected chi connectivity index (χ4v) is 3.10. The Bertz CT molecular complexity index is 620. The number of nitrogens with zero attached hydrogens (tertiary/aromatic N) is 2. The van der Waals surface area contributed by atoms with Crippen LogP contribution in [0.5, 0.6) is 5.75 Å². The maximum Gasteiger partial charge on any atom is 0.411 e. The number of hydrogen-bond acceptors (Lipinski definition) is 5. The number of carbonyl (C=O) groups is 1. The number of ether oxygens (including phenoxy) is 2. The van der Waals surface area contributed by atoms with Crippen LogP contribution in [-0.4, -0.2) is 81.0 Å². The van der Waals surface area contributed by atoms with Crippen molar-refractivity contribution < 1.29 is 27.4 Å². The van der Waals surface area contributed by atoms with Gasteiger partial charge in [0.1, 0.15) is 12.4 Å². The largest absolute Gasteiger partial charge is 0.495 e. The third-order valence-corrected chi connectivity index (χ3v) is 4.73. The molecular formula is C19H28F3N3O3. The zero-order valence-electron chi connectivity index (χ0n) is 16.3. The van der Waals surface area contributed by atoms with Crippen LogP contribution in [0.4, 0.5) is 18.9 Å². The van der Waals surface area contributed by atoms with E-state index in [4.69, 9.17) is 4.74 Å². The number of rotatable bonds is 9. The Labute approximate surface area is 163 Å². The van der Waals surface area contributed by atoms with E-state index in [1.54, 1.807) is 19.2 Å². The molecule has 9 heteroatoms. The number of amides is 1. The molecule has 1 atom stereocenters. The summed E-state index contributed by atoms with van der Waals surface area (Å²) in [4.78, 5) is 16.8. The van der Waals surface area contributed by atoms with Crippen molar-refractivity contribution >= 4 is 11.6 Å². The quantitative estimate of drug-likeness (QED) is 0.643. The number of methoxy groups -OCH3 is 1. The Morgan fingerprint density at radius 3 is 2.54 bits per heavy atom. The van der Waals surface area contributed by atoms with Crippen molar-refractivity contribution in [2.24, 2.45) is 0 Å². The lowest BCUT2D eigenvalue weighted by Gasteiger charge is -2.37. The molecule has 0 aliphatic carbocycles. The molecule has 1 aromatic carbocycles. The first kappa shape index (κ1) is 22.4. The van der Waals surface area contributed by atoms with Crippen LogP contribution < -0.4 is 10.1 Å². The van der Waals surface area contributed by atoms with Gasteiger partial charge < -0.3 is 19.7 Å². The molecule has 1 aliphatic rings. The minimum absolute atomic E-state index is 0.0947. The van der Waals surface area contributed by atoms with Crippen LogP contribution in [-0.2, 0) is 9.53 Å². The third kappa shape index (κ3) is 7.29. The highest BCUT2D eigenvalue weighted by atomic mass is 19.4. The first-order valence-electron chi connectivity index (χ1n) is 9.35. The van der Waals surface area contributed by atoms with Crippen molar-refractivity contribution in [2.45, 2.75) is 25.6 Å². The van der Waals surface area contributed by atoms with E-state index in [-0.39, 0.29) is 18.6 Å². The minimum atomic E-state index is -4.27. The molecule has 1 heterocycles. The van der Waals surface area contributed by atoms with Gasteiger partial charge in [-0.15, -0.1) is 0 Å². The number of halogens is 3. The summed E-state index contributed by atoms with van der Waals surface area (Å²) in [7, 11) is 1.56. The van der Waals surface area contributed by atoms with E-state index in [0.717, 1.165) is 26.2 Å². The lowest BCUT2D eigenvalue weighted by Crippen LogP contribution is -2.52. The summed E-state index contributed by atoms with van der Waals surface area (Å²) in [6.45, 7) is 4.45. The minimum Gasteiger partial charge on any atom is -0.495 e. The van der Waals surface area contributed by atoms with E-state index in [9.17, 15) is 18.0 Å². The molecule has 0 bridgehead atoms. The van der Waals surface area contributed by atoms with E-state index >= 15 is 0 Å². The number of alkyl halides is 3. The molecule has 28 heavy (non-hydrogen) atoms. The Morgan fingerprint density at radius 2 is 1.89 bits per heavy atom. The average Bonchev–Trinajstić information content (AvgIpc) is 2.67. The summed E-state index contributed by atoms with van der Waals surface area (Å²) in [5.74, 6) is 0.513. The zero-order valence-corrected chi connectivity index (χ0v) is 16.3. The molecule has 0 aromatic heterocycles. The van der Waals surface area contributed by atoms with Crippen molar-refractivity contribution in [3.63, 3.8) is 0 Å². The Kier molecular flexibility index (Phi) is 8.53. The summed E-state index contributed by atoms with van der Waals surface area (Å²) in [5, 5.41) is 2.90. The van der Waals surface area contributed by atoms with Crippen molar-refractivity contribution in [1.29, 1.82) is 0 Å². The predicted molar refractivity (Wildman–Crippen MR) is 101 cm³/mol. The maximum atomic E-state index is 12.6. The molecule has 1 aromatic rings. The molecule has 1 N–H and O–H groups in total. The molecule has 1 amide bonds. The standard InChI is InChI=1S/C19H28F3N3O3/c1-15(18(26)23-16-6-3-4-7-17(16)27-2)25-11-9-24(10-12-25)8-5-13-28-14-19(20,21)22/h3-4,6-7,15H,5,8-14H2,1-2H3,(H,23,26). The number of piperazine rings is 1. The maximum absolute atomic E-state index is 12.6. The van der Waals surface area contributed by atoms with E-state index in [0.29, 0.717) is 24.4 Å². The topological polar surface area (TPSA) is 54.0 Å². The number of hydrogen-bond donors (Lipinski definition) is 1. The number of para-hydroxylation sites is 2. The second-order valence-corrected chi connectivity index (χ2v) is 6.76. The van der Waals surface area contributed by atoms with Gasteiger partial charge >= 0.3 is 6.18 Å². The molecular weight excluding hydrogens is 375 g/mol. The van der Waals surface area contributed by atoms with Gasteiger partial charge in [-0.25, -0.2) is 0 Å². The molecule has 0 saturated carbocycles. The van der Waals surface area contributed by atoms with Gasteiger partial charge in [-0.3, -0.25) is 9.69 Å². The Balaban J connectivity index is 1.69. The summed E-state index contributed by atoms with van der Waals surface area (Å²) < 4.78 is 45.9. The smallest absolute Gasteiger partial charge is 0.411 e. The van der Waals surface area contributed by atoms with Crippen molar-refractivity contribution in [2.75, 3.05) is 58.4 Å². The monoisotopic (exact) mass is 403 g/mol. The van der Waals surface area contributed by atoms with E-state index in [1.165, 1.54) is 0 Å². The van der Waals surface area contributed by atoms with Gasteiger partial charge in [0.15, 0.2) is 0 Å². The van der Waals surface area contributed by atoms with E-state index in [2.05, 4.69) is 19.9 Å². The normalized spacial score (nSPS) is 17.3. The van der Waals surface area contributed by atoms with Crippen LogP contribution in [0.1, 0.15) is 13.3 Å². The number of carbonyl (C=O) groups excluding carboxylic acids is 1. The molecule has 1 saturated heterocycles. The van der Waals surface area contributed by atoms with Crippen LogP contribution in [0.3, 0.4) is 0 Å². The molecule has 6 nitrogen and oxygen atoms in total. The highest BCUT2D eigenvalue weighted by Crippen LogP contribution is 2.23. The van der Waals surface area contributed by atoms with E-state index in [1.807, 2.05) is 19.1 Å². The van der Waals surface area contributed by atoms with Gasteiger partial charge in [0, 0.05) is 39.3 Å². The van der Waals surface area contributed by atoms with Gasteiger partial charge in [0.25, 0.3) is 0 Å². The van der Waals surface area contributed by atoms with Gasteiger partial charge in [-0.2, -0.15) is 13.2 Å². The van der Waals surface area contributed by atoms with Gasteiger partial charge in [0.2, 0.25) is 5.91 Å². The fourth-order valence-electron chi connectivity index (χ4n) is 3.10. The van der Waals surface area contributed by atoms with Gasteiger partial charge in [-0.05, 0) is 25.5 Å². The second-order valence-electron chi connectivity index (χ2n) is 6.76. The Morgan fingerprint density at radius 1 is 1.21 bits per heavy atom. The number of benzene rings is 1. The zero-order chi connectivity index (χ0) is 20.6. The summed E-state index contributed by atoms with van der Waals surface area (Å²) in [6.07, 6.45) is -3.72. The van der Waals surface area contributed by atoms with Crippen molar-refractivity contribution in [3.05, 3.63) is 24.3 Å². The molecule has 2 rings (SSSR count). The van der Waals surface area contributed by atoms with Crippen LogP contribution in [0.2, 0.25) is 0 Å². The fraction of sp³-hybridized carbons (Fsp3) is 0.632. The van der Waals surface area contributed by atoms with Crippen LogP contribution >= 0.6 is 0 Å².